The number of phenolic OH excluding ortho intramolecular Hbond substituents is 1. The summed E-state index contributed by atoms with van der Waals surface area (Å²) in [5.74, 6) is 1.67. The predicted octanol–water partition coefficient (Wildman–Crippen LogP) is 3.00. The van der Waals surface area contributed by atoms with Gasteiger partial charge in [-0.05, 0) is 29.8 Å². The van der Waals surface area contributed by atoms with E-state index in [1.807, 2.05) is 24.3 Å². The van der Waals surface area contributed by atoms with Crippen LogP contribution >= 0.6 is 0 Å². The van der Waals surface area contributed by atoms with Crippen LogP contribution in [0.4, 0.5) is 0 Å². The van der Waals surface area contributed by atoms with Crippen LogP contribution in [0.3, 0.4) is 0 Å². The number of phenols is 1. The molecule has 106 valence electrons. The van der Waals surface area contributed by atoms with Gasteiger partial charge in [0.25, 0.3) is 0 Å². The lowest BCUT2D eigenvalue weighted by Gasteiger charge is -2.08. The van der Waals surface area contributed by atoms with Crippen LogP contribution in [0.5, 0.6) is 17.2 Å². The van der Waals surface area contributed by atoms with Crippen LogP contribution in [0.1, 0.15) is 5.56 Å². The molecule has 0 spiro atoms. The van der Waals surface area contributed by atoms with E-state index in [1.54, 1.807) is 31.4 Å². The van der Waals surface area contributed by atoms with Crippen molar-refractivity contribution < 1.29 is 19.3 Å². The first-order chi connectivity index (χ1) is 9.78. The van der Waals surface area contributed by atoms with Crippen molar-refractivity contribution in [3.05, 3.63) is 54.1 Å². The standard InChI is InChI=1S/C16H18O4/c1-18-15-7-5-13(6-8-15)12-19-9-10-20-16-4-2-3-14(17)11-16/h2-8,11,17H,9-10,12H2,1H3. The Morgan fingerprint density at radius 1 is 0.950 bits per heavy atom. The molecule has 20 heavy (non-hydrogen) atoms. The molecule has 2 rings (SSSR count). The highest BCUT2D eigenvalue weighted by molar-refractivity contribution is 5.31. The summed E-state index contributed by atoms with van der Waals surface area (Å²) in [5.41, 5.74) is 1.09. The summed E-state index contributed by atoms with van der Waals surface area (Å²) >= 11 is 0. The fourth-order valence-electron chi connectivity index (χ4n) is 1.70. The van der Waals surface area contributed by atoms with Crippen LogP contribution in [0.15, 0.2) is 48.5 Å². The van der Waals surface area contributed by atoms with E-state index in [9.17, 15) is 5.11 Å². The summed E-state index contributed by atoms with van der Waals surface area (Å²) in [4.78, 5) is 0. The van der Waals surface area contributed by atoms with Gasteiger partial charge >= 0.3 is 0 Å². The Kier molecular flexibility index (Phi) is 5.26. The van der Waals surface area contributed by atoms with Gasteiger partial charge in [-0.3, -0.25) is 0 Å². The third-order valence-electron chi connectivity index (χ3n) is 2.74. The van der Waals surface area contributed by atoms with Crippen LogP contribution in [-0.4, -0.2) is 25.4 Å². The number of ether oxygens (including phenoxy) is 3. The molecular formula is C16H18O4. The monoisotopic (exact) mass is 274 g/mol. The average Bonchev–Trinajstić information content (AvgIpc) is 2.48. The second-order valence-corrected chi connectivity index (χ2v) is 4.25. The molecule has 1 N–H and O–H groups in total. The van der Waals surface area contributed by atoms with Crippen LogP contribution < -0.4 is 9.47 Å². The minimum Gasteiger partial charge on any atom is -0.508 e. The fourth-order valence-corrected chi connectivity index (χ4v) is 1.70. The molecule has 0 atom stereocenters. The minimum atomic E-state index is 0.196. The molecule has 0 fully saturated rings. The van der Waals surface area contributed by atoms with Crippen LogP contribution in [0, 0.1) is 0 Å². The van der Waals surface area contributed by atoms with Crippen molar-refractivity contribution in [3.8, 4) is 17.2 Å². The summed E-state index contributed by atoms with van der Waals surface area (Å²) in [7, 11) is 1.64. The number of rotatable bonds is 7. The Morgan fingerprint density at radius 3 is 2.45 bits per heavy atom. The molecule has 0 saturated heterocycles. The van der Waals surface area contributed by atoms with E-state index in [0.29, 0.717) is 25.6 Å². The van der Waals surface area contributed by atoms with Crippen molar-refractivity contribution in [2.75, 3.05) is 20.3 Å². The van der Waals surface area contributed by atoms with Gasteiger partial charge in [-0.2, -0.15) is 0 Å². The average molecular weight is 274 g/mol. The molecule has 0 saturated carbocycles. The highest BCUT2D eigenvalue weighted by atomic mass is 16.5. The van der Waals surface area contributed by atoms with Gasteiger partial charge in [0.05, 0.1) is 20.3 Å². The quantitative estimate of drug-likeness (QED) is 0.788. The predicted molar refractivity (Wildman–Crippen MR) is 76.3 cm³/mol. The molecule has 4 nitrogen and oxygen atoms in total. The maximum absolute atomic E-state index is 9.29. The topological polar surface area (TPSA) is 47.9 Å². The smallest absolute Gasteiger partial charge is 0.123 e. The molecule has 0 bridgehead atoms. The van der Waals surface area contributed by atoms with Gasteiger partial charge in [-0.1, -0.05) is 18.2 Å². The Bertz CT molecular complexity index is 522. The molecule has 2 aromatic rings. The molecule has 0 unspecified atom stereocenters. The first-order valence-corrected chi connectivity index (χ1v) is 6.40. The largest absolute Gasteiger partial charge is 0.508 e. The molecule has 0 radical (unpaired) electrons. The summed E-state index contributed by atoms with van der Waals surface area (Å²) < 4.78 is 16.1. The number of aromatic hydroxyl groups is 1. The van der Waals surface area contributed by atoms with Gasteiger partial charge in [0.2, 0.25) is 0 Å². The SMILES string of the molecule is COc1ccc(COCCOc2cccc(O)c2)cc1. The zero-order valence-electron chi connectivity index (χ0n) is 11.4. The number of methoxy groups -OCH3 is 1. The highest BCUT2D eigenvalue weighted by Gasteiger charge is 1.97. The van der Waals surface area contributed by atoms with Crippen molar-refractivity contribution in [1.82, 2.24) is 0 Å². The Morgan fingerprint density at radius 2 is 1.75 bits per heavy atom. The zero-order chi connectivity index (χ0) is 14.2. The maximum atomic E-state index is 9.29. The molecule has 4 heteroatoms. The number of hydrogen-bond acceptors (Lipinski definition) is 4. The molecular weight excluding hydrogens is 256 g/mol. The molecule has 0 aliphatic rings. The van der Waals surface area contributed by atoms with E-state index >= 15 is 0 Å². The van der Waals surface area contributed by atoms with E-state index in [1.165, 1.54) is 0 Å². The molecule has 0 aliphatic heterocycles. The summed E-state index contributed by atoms with van der Waals surface area (Å²) in [5, 5.41) is 9.29. The van der Waals surface area contributed by atoms with E-state index < -0.39 is 0 Å². The number of benzene rings is 2. The normalized spacial score (nSPS) is 10.2. The van der Waals surface area contributed by atoms with E-state index in [-0.39, 0.29) is 5.75 Å². The van der Waals surface area contributed by atoms with Crippen molar-refractivity contribution in [3.63, 3.8) is 0 Å². The van der Waals surface area contributed by atoms with Gasteiger partial charge in [0, 0.05) is 6.07 Å². The fraction of sp³-hybridized carbons (Fsp3) is 0.250. The second-order valence-electron chi connectivity index (χ2n) is 4.25. The van der Waals surface area contributed by atoms with Gasteiger partial charge in [0.1, 0.15) is 23.9 Å². The Labute approximate surface area is 118 Å². The minimum absolute atomic E-state index is 0.196. The van der Waals surface area contributed by atoms with Crippen molar-refractivity contribution >= 4 is 0 Å². The third kappa shape index (κ3) is 4.48. The van der Waals surface area contributed by atoms with Crippen LogP contribution in [0.2, 0.25) is 0 Å². The van der Waals surface area contributed by atoms with Crippen molar-refractivity contribution in [2.45, 2.75) is 6.61 Å². The zero-order valence-corrected chi connectivity index (χ0v) is 11.4. The highest BCUT2D eigenvalue weighted by Crippen LogP contribution is 2.17. The van der Waals surface area contributed by atoms with Crippen LogP contribution in [-0.2, 0) is 11.3 Å². The van der Waals surface area contributed by atoms with Gasteiger partial charge in [0.15, 0.2) is 0 Å². The summed E-state index contributed by atoms with van der Waals surface area (Å²) in [6.45, 7) is 1.47. The molecule has 2 aromatic carbocycles. The second kappa shape index (κ2) is 7.40. The van der Waals surface area contributed by atoms with Gasteiger partial charge in [-0.15, -0.1) is 0 Å². The lowest BCUT2D eigenvalue weighted by molar-refractivity contribution is 0.0888. The maximum Gasteiger partial charge on any atom is 0.123 e. The van der Waals surface area contributed by atoms with E-state index in [0.717, 1.165) is 11.3 Å². The summed E-state index contributed by atoms with van der Waals surface area (Å²) in [6.07, 6.45) is 0. The first-order valence-electron chi connectivity index (χ1n) is 6.40. The van der Waals surface area contributed by atoms with Gasteiger partial charge in [-0.25, -0.2) is 0 Å². The molecule has 0 aliphatic carbocycles. The molecule has 0 heterocycles. The molecule has 0 amide bonds. The lowest BCUT2D eigenvalue weighted by Crippen LogP contribution is -2.06. The number of hydrogen-bond donors (Lipinski definition) is 1. The van der Waals surface area contributed by atoms with E-state index in [2.05, 4.69) is 0 Å². The lowest BCUT2D eigenvalue weighted by atomic mass is 10.2. The summed E-state index contributed by atoms with van der Waals surface area (Å²) in [6, 6.07) is 14.5. The Hall–Kier alpha value is -2.20. The van der Waals surface area contributed by atoms with E-state index in [4.69, 9.17) is 14.2 Å². The molecule has 0 aromatic heterocycles. The van der Waals surface area contributed by atoms with Gasteiger partial charge < -0.3 is 19.3 Å². The van der Waals surface area contributed by atoms with Crippen molar-refractivity contribution in [1.29, 1.82) is 0 Å². The van der Waals surface area contributed by atoms with Crippen LogP contribution in [0.25, 0.3) is 0 Å². The Balaban J connectivity index is 1.66. The third-order valence-corrected chi connectivity index (χ3v) is 2.74. The first kappa shape index (κ1) is 14.2. The van der Waals surface area contributed by atoms with Crippen molar-refractivity contribution in [2.24, 2.45) is 0 Å².